The van der Waals surface area contributed by atoms with Gasteiger partial charge in [0.15, 0.2) is 5.13 Å². The van der Waals surface area contributed by atoms with E-state index in [-0.39, 0.29) is 11.0 Å². The predicted molar refractivity (Wildman–Crippen MR) is 112 cm³/mol. The summed E-state index contributed by atoms with van der Waals surface area (Å²) in [5, 5.41) is 5.43. The molecule has 140 valence electrons. The van der Waals surface area contributed by atoms with Crippen molar-refractivity contribution in [3.8, 4) is 11.3 Å². The van der Waals surface area contributed by atoms with Crippen molar-refractivity contribution in [1.29, 1.82) is 0 Å². The van der Waals surface area contributed by atoms with E-state index in [0.29, 0.717) is 16.1 Å². The molecule has 0 saturated heterocycles. The molecule has 0 aliphatic carbocycles. The lowest BCUT2D eigenvalue weighted by Crippen LogP contribution is -2.21. The Morgan fingerprint density at radius 1 is 1.11 bits per heavy atom. The van der Waals surface area contributed by atoms with Gasteiger partial charge in [0.05, 0.1) is 11.1 Å². The molecule has 2 heterocycles. The second kappa shape index (κ2) is 7.05. The lowest BCUT2D eigenvalue weighted by Gasteiger charge is -2.08. The van der Waals surface area contributed by atoms with Crippen LogP contribution in [0, 0.1) is 20.8 Å². The molecule has 1 amide bonds. The highest BCUT2D eigenvalue weighted by Crippen LogP contribution is 2.31. The number of nitrogens with zero attached hydrogens (tertiary/aromatic N) is 1. The molecule has 0 unspecified atom stereocenters. The average molecular weight is 390 g/mol. The van der Waals surface area contributed by atoms with Crippen LogP contribution in [0.3, 0.4) is 0 Å². The first-order valence-electron chi connectivity index (χ1n) is 8.79. The second-order valence-corrected chi connectivity index (χ2v) is 7.60. The van der Waals surface area contributed by atoms with E-state index in [0.717, 1.165) is 22.4 Å². The minimum atomic E-state index is -0.530. The first-order chi connectivity index (χ1) is 13.4. The maximum atomic E-state index is 12.6. The van der Waals surface area contributed by atoms with Crippen molar-refractivity contribution in [3.05, 3.63) is 80.5 Å². The van der Waals surface area contributed by atoms with E-state index in [9.17, 15) is 9.59 Å². The van der Waals surface area contributed by atoms with Crippen LogP contribution < -0.4 is 10.7 Å². The summed E-state index contributed by atoms with van der Waals surface area (Å²) in [6.45, 7) is 6.16. The number of carbonyl (C=O) groups excluding carboxylic acids is 1. The average Bonchev–Trinajstić information content (AvgIpc) is 3.09. The molecular weight excluding hydrogens is 372 g/mol. The van der Waals surface area contributed by atoms with Gasteiger partial charge in [-0.25, -0.2) is 4.98 Å². The van der Waals surface area contributed by atoms with Crippen molar-refractivity contribution in [2.75, 3.05) is 5.32 Å². The molecular formula is C22H18N2O3S. The van der Waals surface area contributed by atoms with E-state index in [1.165, 1.54) is 23.2 Å². The smallest absolute Gasteiger partial charge is 0.264 e. The Morgan fingerprint density at radius 2 is 1.82 bits per heavy atom. The number of thiazole rings is 1. The summed E-state index contributed by atoms with van der Waals surface area (Å²) in [5.41, 5.74) is 5.39. The number of rotatable bonds is 3. The number of para-hydroxylation sites is 1. The molecule has 0 spiro atoms. The molecule has 5 nitrogen and oxygen atoms in total. The van der Waals surface area contributed by atoms with Crippen molar-refractivity contribution in [2.45, 2.75) is 20.8 Å². The second-order valence-electron chi connectivity index (χ2n) is 6.74. The Labute approximate surface area is 165 Å². The van der Waals surface area contributed by atoms with Crippen molar-refractivity contribution in [2.24, 2.45) is 0 Å². The Morgan fingerprint density at radius 3 is 2.57 bits per heavy atom. The summed E-state index contributed by atoms with van der Waals surface area (Å²) in [4.78, 5) is 29.7. The topological polar surface area (TPSA) is 72.2 Å². The summed E-state index contributed by atoms with van der Waals surface area (Å²) in [6, 6.07) is 11.1. The molecule has 0 saturated carbocycles. The highest BCUT2D eigenvalue weighted by Gasteiger charge is 2.17. The monoisotopic (exact) mass is 390 g/mol. The third kappa shape index (κ3) is 3.23. The number of fused-ring (bicyclic) bond motifs is 1. The Balaban J connectivity index is 1.64. The number of benzene rings is 2. The molecule has 6 heteroatoms. The van der Waals surface area contributed by atoms with Crippen molar-refractivity contribution in [3.63, 3.8) is 0 Å². The van der Waals surface area contributed by atoms with Gasteiger partial charge in [-0.05, 0) is 44.0 Å². The van der Waals surface area contributed by atoms with Gasteiger partial charge < -0.3 is 4.42 Å². The first kappa shape index (κ1) is 18.1. The fourth-order valence-corrected chi connectivity index (χ4v) is 4.13. The largest absolute Gasteiger partial charge is 0.463 e. The van der Waals surface area contributed by atoms with Crippen LogP contribution >= 0.6 is 11.3 Å². The van der Waals surface area contributed by atoms with E-state index in [1.54, 1.807) is 24.3 Å². The van der Waals surface area contributed by atoms with E-state index >= 15 is 0 Å². The van der Waals surface area contributed by atoms with Crippen LogP contribution in [0.15, 0.2) is 57.3 Å². The molecule has 0 atom stereocenters. The van der Waals surface area contributed by atoms with Gasteiger partial charge in [-0.3, -0.25) is 14.9 Å². The number of aromatic nitrogens is 1. The normalized spacial score (nSPS) is 11.0. The van der Waals surface area contributed by atoms with E-state index in [1.807, 2.05) is 19.2 Å². The number of hydrogen-bond acceptors (Lipinski definition) is 5. The minimum absolute atomic E-state index is 0.0434. The fourth-order valence-electron chi connectivity index (χ4n) is 3.43. The molecule has 0 aliphatic rings. The summed E-state index contributed by atoms with van der Waals surface area (Å²) in [5.74, 6) is -0.530. The van der Waals surface area contributed by atoms with Gasteiger partial charge in [0.25, 0.3) is 5.91 Å². The summed E-state index contributed by atoms with van der Waals surface area (Å²) in [7, 11) is 0. The maximum absolute atomic E-state index is 12.6. The van der Waals surface area contributed by atoms with Gasteiger partial charge in [0.1, 0.15) is 17.4 Å². The van der Waals surface area contributed by atoms with Gasteiger partial charge in [0, 0.05) is 10.9 Å². The molecule has 28 heavy (non-hydrogen) atoms. The molecule has 0 aliphatic heterocycles. The molecule has 2 aromatic carbocycles. The highest BCUT2D eigenvalue weighted by atomic mass is 32.1. The molecule has 0 fully saturated rings. The highest BCUT2D eigenvalue weighted by molar-refractivity contribution is 7.14. The molecule has 0 radical (unpaired) electrons. The zero-order valence-corrected chi connectivity index (χ0v) is 16.5. The van der Waals surface area contributed by atoms with Crippen LogP contribution in [0.4, 0.5) is 5.13 Å². The van der Waals surface area contributed by atoms with E-state index < -0.39 is 5.91 Å². The van der Waals surface area contributed by atoms with Crippen LogP contribution in [-0.4, -0.2) is 10.9 Å². The zero-order valence-electron chi connectivity index (χ0n) is 15.7. The molecule has 4 rings (SSSR count). The summed E-state index contributed by atoms with van der Waals surface area (Å²) in [6.07, 6.45) is 1.20. The number of aryl methyl sites for hydroxylation is 3. The minimum Gasteiger partial charge on any atom is -0.463 e. The van der Waals surface area contributed by atoms with E-state index in [2.05, 4.69) is 29.4 Å². The van der Waals surface area contributed by atoms with Gasteiger partial charge in [-0.2, -0.15) is 0 Å². The number of hydrogen-bond donors (Lipinski definition) is 1. The Hall–Kier alpha value is -3.25. The quantitative estimate of drug-likeness (QED) is 0.529. The van der Waals surface area contributed by atoms with Crippen LogP contribution in [0.25, 0.3) is 22.2 Å². The van der Waals surface area contributed by atoms with Crippen LogP contribution in [0.2, 0.25) is 0 Å². The molecule has 1 N–H and O–H groups in total. The number of amides is 1. The number of nitrogens with one attached hydrogen (secondary N) is 1. The van der Waals surface area contributed by atoms with Crippen LogP contribution in [0.5, 0.6) is 0 Å². The predicted octanol–water partition coefficient (Wildman–Crippen LogP) is 5.09. The van der Waals surface area contributed by atoms with Crippen LogP contribution in [-0.2, 0) is 0 Å². The van der Waals surface area contributed by atoms with Crippen molar-refractivity contribution in [1.82, 2.24) is 4.98 Å². The zero-order chi connectivity index (χ0) is 19.8. The standard InChI is InChI=1S/C22H18N2O3S/c1-12-8-13(2)19(14(3)9-12)17-11-28-22(23-17)24-21(26)16-10-27-18-7-5-4-6-15(18)20(16)25/h4-11H,1-3H3,(H,23,24,26). The van der Waals surface area contributed by atoms with Crippen molar-refractivity contribution < 1.29 is 9.21 Å². The Bertz CT molecular complexity index is 1250. The van der Waals surface area contributed by atoms with Crippen LogP contribution in [0.1, 0.15) is 27.0 Å². The summed E-state index contributed by atoms with van der Waals surface area (Å²) >= 11 is 1.32. The number of carbonyl (C=O) groups is 1. The van der Waals surface area contributed by atoms with Gasteiger partial charge in [0.2, 0.25) is 5.43 Å². The molecule has 0 bridgehead atoms. The first-order valence-corrected chi connectivity index (χ1v) is 9.67. The van der Waals surface area contributed by atoms with Crippen molar-refractivity contribution >= 4 is 33.3 Å². The van der Waals surface area contributed by atoms with Gasteiger partial charge >= 0.3 is 0 Å². The van der Waals surface area contributed by atoms with Gasteiger partial charge in [-0.15, -0.1) is 11.3 Å². The fraction of sp³-hybridized carbons (Fsp3) is 0.136. The lowest BCUT2D eigenvalue weighted by molar-refractivity contribution is 0.102. The maximum Gasteiger partial charge on any atom is 0.264 e. The third-order valence-electron chi connectivity index (χ3n) is 4.58. The SMILES string of the molecule is Cc1cc(C)c(-c2csc(NC(=O)c3coc4ccccc4c3=O)n2)c(C)c1. The third-order valence-corrected chi connectivity index (χ3v) is 5.34. The lowest BCUT2D eigenvalue weighted by atomic mass is 9.98. The number of anilines is 1. The Kier molecular flexibility index (Phi) is 4.57. The summed E-state index contributed by atoms with van der Waals surface area (Å²) < 4.78 is 5.42. The molecule has 4 aromatic rings. The van der Waals surface area contributed by atoms with Gasteiger partial charge in [-0.1, -0.05) is 29.8 Å². The van der Waals surface area contributed by atoms with E-state index in [4.69, 9.17) is 4.42 Å². The molecule has 2 aromatic heterocycles.